The molecule has 7 heteroatoms. The first-order valence-corrected chi connectivity index (χ1v) is 12.1. The average Bonchev–Trinajstić information content (AvgIpc) is 3.13. The largest absolute Gasteiger partial charge is 0.356 e. The zero-order valence-corrected chi connectivity index (χ0v) is 20.3. The van der Waals surface area contributed by atoms with Crippen molar-refractivity contribution in [2.24, 2.45) is 0 Å². The normalized spacial score (nSPS) is 13.9. The number of carbonyl (C=O) groups excluding carboxylic acids is 1. The molecule has 1 aliphatic heterocycles. The third-order valence-electron chi connectivity index (χ3n) is 6.61. The second kappa shape index (κ2) is 9.47. The Bertz CT molecular complexity index is 1340. The molecule has 2 aromatic carbocycles. The number of fused-ring (bicyclic) bond motifs is 1. The summed E-state index contributed by atoms with van der Waals surface area (Å²) in [6, 6.07) is 17.6. The molecule has 34 heavy (non-hydrogen) atoms. The standard InChI is InChI=1S/C27H28ClN5O/c1-18-19(2)33(21-12-5-3-6-13-21)26-23(18)25(32-15-9-4-10-16-32)30-24(31-26)27(34)29-17-20-11-7-8-14-22(20)28/h3,5-8,11-14H,4,9-10,15-17H2,1-2H3,(H,29,34). The molecule has 0 spiro atoms. The third kappa shape index (κ3) is 4.14. The highest BCUT2D eigenvalue weighted by Gasteiger charge is 2.25. The molecule has 0 bridgehead atoms. The zero-order valence-electron chi connectivity index (χ0n) is 19.5. The Balaban J connectivity index is 1.62. The first-order chi connectivity index (χ1) is 16.5. The lowest BCUT2D eigenvalue weighted by Crippen LogP contribution is -2.32. The number of piperidine rings is 1. The smallest absolute Gasteiger partial charge is 0.289 e. The second-order valence-electron chi connectivity index (χ2n) is 8.77. The number of carbonyl (C=O) groups is 1. The zero-order chi connectivity index (χ0) is 23.7. The number of amides is 1. The van der Waals surface area contributed by atoms with Crippen LogP contribution in [-0.4, -0.2) is 33.5 Å². The molecule has 3 heterocycles. The van der Waals surface area contributed by atoms with Crippen LogP contribution in [0.15, 0.2) is 54.6 Å². The number of benzene rings is 2. The molecule has 0 saturated carbocycles. The highest BCUT2D eigenvalue weighted by atomic mass is 35.5. The summed E-state index contributed by atoms with van der Waals surface area (Å²) in [5.41, 5.74) is 4.88. The van der Waals surface area contributed by atoms with Gasteiger partial charge in [-0.1, -0.05) is 48.0 Å². The Labute approximate surface area is 204 Å². The van der Waals surface area contributed by atoms with Crippen molar-refractivity contribution in [2.75, 3.05) is 18.0 Å². The Kier molecular flexibility index (Phi) is 6.24. The fourth-order valence-electron chi connectivity index (χ4n) is 4.67. The van der Waals surface area contributed by atoms with Gasteiger partial charge in [0, 0.05) is 36.0 Å². The summed E-state index contributed by atoms with van der Waals surface area (Å²) in [6.07, 6.45) is 3.47. The molecule has 0 radical (unpaired) electrons. The molecule has 0 atom stereocenters. The molecular weight excluding hydrogens is 446 g/mol. The van der Waals surface area contributed by atoms with Crippen LogP contribution < -0.4 is 10.2 Å². The Hall–Kier alpha value is -3.38. The van der Waals surface area contributed by atoms with Crippen LogP contribution in [0.25, 0.3) is 16.7 Å². The molecule has 1 saturated heterocycles. The quantitative estimate of drug-likeness (QED) is 0.409. The fourth-order valence-corrected chi connectivity index (χ4v) is 4.87. The van der Waals surface area contributed by atoms with Crippen LogP contribution in [0, 0.1) is 13.8 Å². The molecule has 2 aromatic heterocycles. The first-order valence-electron chi connectivity index (χ1n) is 11.8. The van der Waals surface area contributed by atoms with E-state index in [0.29, 0.717) is 11.6 Å². The second-order valence-corrected chi connectivity index (χ2v) is 9.18. The Morgan fingerprint density at radius 1 is 0.971 bits per heavy atom. The summed E-state index contributed by atoms with van der Waals surface area (Å²) < 4.78 is 2.13. The van der Waals surface area contributed by atoms with Crippen LogP contribution in [0.3, 0.4) is 0 Å². The average molecular weight is 474 g/mol. The molecule has 0 aliphatic carbocycles. The van der Waals surface area contributed by atoms with Gasteiger partial charge in [-0.2, -0.15) is 0 Å². The van der Waals surface area contributed by atoms with Gasteiger partial charge >= 0.3 is 0 Å². The van der Waals surface area contributed by atoms with Crippen LogP contribution in [0.2, 0.25) is 5.02 Å². The predicted molar refractivity (Wildman–Crippen MR) is 137 cm³/mol. The van der Waals surface area contributed by atoms with Crippen molar-refractivity contribution in [3.05, 3.63) is 82.3 Å². The number of nitrogens with one attached hydrogen (secondary N) is 1. The lowest BCUT2D eigenvalue weighted by Gasteiger charge is -2.28. The molecule has 1 N–H and O–H groups in total. The Morgan fingerprint density at radius 2 is 1.68 bits per heavy atom. The summed E-state index contributed by atoms with van der Waals surface area (Å²) in [5, 5.41) is 4.60. The van der Waals surface area contributed by atoms with Crippen molar-refractivity contribution in [3.8, 4) is 5.69 Å². The minimum Gasteiger partial charge on any atom is -0.356 e. The lowest BCUT2D eigenvalue weighted by atomic mass is 10.1. The van der Waals surface area contributed by atoms with Crippen LogP contribution in [0.4, 0.5) is 5.82 Å². The minimum absolute atomic E-state index is 0.176. The number of para-hydroxylation sites is 1. The maximum absolute atomic E-state index is 13.2. The number of hydrogen-bond acceptors (Lipinski definition) is 4. The third-order valence-corrected chi connectivity index (χ3v) is 6.97. The summed E-state index contributed by atoms with van der Waals surface area (Å²) in [5.74, 6) is 0.717. The van der Waals surface area contributed by atoms with Gasteiger partial charge in [0.05, 0.1) is 5.39 Å². The number of rotatable bonds is 5. The summed E-state index contributed by atoms with van der Waals surface area (Å²) in [4.78, 5) is 25.2. The molecule has 5 rings (SSSR count). The fraction of sp³-hybridized carbons (Fsp3) is 0.296. The van der Waals surface area contributed by atoms with Gasteiger partial charge in [0.1, 0.15) is 5.82 Å². The summed E-state index contributed by atoms with van der Waals surface area (Å²) >= 11 is 6.27. The van der Waals surface area contributed by atoms with E-state index in [1.807, 2.05) is 42.5 Å². The van der Waals surface area contributed by atoms with Crippen molar-refractivity contribution in [3.63, 3.8) is 0 Å². The number of hydrogen-bond donors (Lipinski definition) is 1. The summed E-state index contributed by atoms with van der Waals surface area (Å²) in [6.45, 7) is 6.40. The van der Waals surface area contributed by atoms with Crippen molar-refractivity contribution in [2.45, 2.75) is 39.7 Å². The van der Waals surface area contributed by atoms with Gasteiger partial charge in [-0.25, -0.2) is 9.97 Å². The molecule has 6 nitrogen and oxygen atoms in total. The molecule has 1 aliphatic rings. The van der Waals surface area contributed by atoms with E-state index in [1.54, 1.807) is 0 Å². The van der Waals surface area contributed by atoms with E-state index in [2.05, 4.69) is 40.8 Å². The van der Waals surface area contributed by atoms with Gasteiger partial charge in [-0.05, 0) is 62.4 Å². The van der Waals surface area contributed by atoms with E-state index in [-0.39, 0.29) is 11.7 Å². The first kappa shape index (κ1) is 22.4. The maximum atomic E-state index is 13.2. The predicted octanol–water partition coefficient (Wildman–Crippen LogP) is 5.61. The van der Waals surface area contributed by atoms with Gasteiger partial charge < -0.3 is 10.2 Å². The van der Waals surface area contributed by atoms with E-state index in [0.717, 1.165) is 65.3 Å². The molecule has 1 fully saturated rings. The van der Waals surface area contributed by atoms with Gasteiger partial charge in [0.2, 0.25) is 5.82 Å². The number of aryl methyl sites for hydroxylation is 1. The van der Waals surface area contributed by atoms with Gasteiger partial charge in [-0.3, -0.25) is 9.36 Å². The summed E-state index contributed by atoms with van der Waals surface area (Å²) in [7, 11) is 0. The van der Waals surface area contributed by atoms with Gasteiger partial charge in [-0.15, -0.1) is 0 Å². The molecule has 0 unspecified atom stereocenters. The van der Waals surface area contributed by atoms with Crippen molar-refractivity contribution >= 4 is 34.4 Å². The van der Waals surface area contributed by atoms with Gasteiger partial charge in [0.15, 0.2) is 5.65 Å². The van der Waals surface area contributed by atoms with E-state index < -0.39 is 0 Å². The minimum atomic E-state index is -0.309. The van der Waals surface area contributed by atoms with Crippen molar-refractivity contribution in [1.82, 2.24) is 19.9 Å². The van der Waals surface area contributed by atoms with E-state index in [4.69, 9.17) is 21.6 Å². The molecule has 1 amide bonds. The molecule has 174 valence electrons. The maximum Gasteiger partial charge on any atom is 0.289 e. The number of nitrogens with zero attached hydrogens (tertiary/aromatic N) is 4. The number of anilines is 1. The monoisotopic (exact) mass is 473 g/mol. The molecule has 4 aromatic rings. The topological polar surface area (TPSA) is 63.1 Å². The lowest BCUT2D eigenvalue weighted by molar-refractivity contribution is 0.0941. The van der Waals surface area contributed by atoms with Crippen LogP contribution in [0.5, 0.6) is 0 Å². The van der Waals surface area contributed by atoms with Crippen LogP contribution >= 0.6 is 11.6 Å². The van der Waals surface area contributed by atoms with Gasteiger partial charge in [0.25, 0.3) is 5.91 Å². The Morgan fingerprint density at radius 3 is 2.41 bits per heavy atom. The number of halogens is 1. The van der Waals surface area contributed by atoms with E-state index in [9.17, 15) is 4.79 Å². The van der Waals surface area contributed by atoms with Crippen LogP contribution in [0.1, 0.15) is 46.7 Å². The van der Waals surface area contributed by atoms with E-state index >= 15 is 0 Å². The van der Waals surface area contributed by atoms with Crippen molar-refractivity contribution < 1.29 is 4.79 Å². The van der Waals surface area contributed by atoms with Crippen molar-refractivity contribution in [1.29, 1.82) is 0 Å². The number of aromatic nitrogens is 3. The van der Waals surface area contributed by atoms with Crippen LogP contribution in [-0.2, 0) is 6.54 Å². The highest BCUT2D eigenvalue weighted by molar-refractivity contribution is 6.31. The highest BCUT2D eigenvalue weighted by Crippen LogP contribution is 2.34. The molecular formula is C27H28ClN5O. The SMILES string of the molecule is Cc1c(C)n(-c2ccccc2)c2nc(C(=O)NCc3ccccc3Cl)nc(N3CCCCC3)c12. The van der Waals surface area contributed by atoms with E-state index in [1.165, 1.54) is 6.42 Å².